The molecule has 4 nitrogen and oxygen atoms in total. The zero-order valence-corrected chi connectivity index (χ0v) is 13.4. The first-order chi connectivity index (χ1) is 11.4. The normalized spacial score (nSPS) is 21.6. The molecule has 0 bridgehead atoms. The van der Waals surface area contributed by atoms with Crippen LogP contribution in [0.4, 0.5) is 0 Å². The number of nitrogens with one attached hydrogen (secondary N) is 3. The van der Waals surface area contributed by atoms with Crippen molar-refractivity contribution in [3.63, 3.8) is 0 Å². The summed E-state index contributed by atoms with van der Waals surface area (Å²) in [6.07, 6.45) is 4.08. The van der Waals surface area contributed by atoms with E-state index in [4.69, 9.17) is 0 Å². The summed E-state index contributed by atoms with van der Waals surface area (Å²) < 4.78 is 0. The maximum absolute atomic E-state index is 4.46. The van der Waals surface area contributed by atoms with Gasteiger partial charge in [0.05, 0.1) is 5.69 Å². The topological polar surface area (TPSA) is 37.6 Å². The van der Waals surface area contributed by atoms with E-state index in [-0.39, 0.29) is 0 Å². The Hall–Kier alpha value is -2.17. The first kappa shape index (κ1) is 14.4. The second-order valence-electron chi connectivity index (χ2n) is 6.53. The van der Waals surface area contributed by atoms with E-state index in [0.29, 0.717) is 0 Å². The Balaban J connectivity index is 1.35. The summed E-state index contributed by atoms with van der Waals surface area (Å²) in [5.74, 6) is 0. The Morgan fingerprint density at radius 2 is 1.61 bits per heavy atom. The molecular weight excluding hydrogens is 284 g/mol. The van der Waals surface area contributed by atoms with Gasteiger partial charge in [-0.15, -0.1) is 0 Å². The highest BCUT2D eigenvalue weighted by Gasteiger charge is 2.24. The van der Waals surface area contributed by atoms with Gasteiger partial charge in [-0.1, -0.05) is 24.3 Å². The fourth-order valence-corrected chi connectivity index (χ4v) is 3.62. The molecule has 0 unspecified atom stereocenters. The molecule has 0 spiro atoms. The van der Waals surface area contributed by atoms with Crippen LogP contribution in [0.25, 0.3) is 10.9 Å². The number of aromatic nitrogens is 2. The molecule has 0 radical (unpaired) electrons. The van der Waals surface area contributed by atoms with Gasteiger partial charge in [0.2, 0.25) is 0 Å². The van der Waals surface area contributed by atoms with E-state index in [1.807, 2.05) is 12.3 Å². The van der Waals surface area contributed by atoms with Crippen molar-refractivity contribution in [1.82, 2.24) is 9.97 Å². The molecule has 4 heteroatoms. The van der Waals surface area contributed by atoms with Crippen molar-refractivity contribution >= 4 is 10.9 Å². The van der Waals surface area contributed by atoms with Crippen LogP contribution in [0.5, 0.6) is 0 Å². The molecule has 0 saturated carbocycles. The monoisotopic (exact) mass is 308 g/mol. The number of para-hydroxylation sites is 1. The van der Waals surface area contributed by atoms with Crippen molar-refractivity contribution in [1.29, 1.82) is 0 Å². The molecular formula is C19H24N4+2. The van der Waals surface area contributed by atoms with Crippen LogP contribution in [0, 0.1) is 0 Å². The summed E-state index contributed by atoms with van der Waals surface area (Å²) in [5.41, 5.74) is 3.91. The van der Waals surface area contributed by atoms with E-state index in [0.717, 1.165) is 13.1 Å². The van der Waals surface area contributed by atoms with Gasteiger partial charge in [0.25, 0.3) is 0 Å². The average molecular weight is 308 g/mol. The minimum absolute atomic E-state index is 1.06. The second-order valence-corrected chi connectivity index (χ2v) is 6.53. The Kier molecular flexibility index (Phi) is 4.09. The zero-order chi connectivity index (χ0) is 15.5. The first-order valence-corrected chi connectivity index (χ1v) is 8.50. The minimum atomic E-state index is 1.06. The Morgan fingerprint density at radius 3 is 2.39 bits per heavy atom. The number of hydrogen-bond acceptors (Lipinski definition) is 1. The lowest BCUT2D eigenvalue weighted by Crippen LogP contribution is -3.27. The largest absolute Gasteiger partial charge is 0.361 e. The van der Waals surface area contributed by atoms with E-state index >= 15 is 0 Å². The summed E-state index contributed by atoms with van der Waals surface area (Å²) in [5, 5.41) is 1.38. The van der Waals surface area contributed by atoms with Crippen LogP contribution in [0.3, 0.4) is 0 Å². The van der Waals surface area contributed by atoms with Gasteiger partial charge in [-0.3, -0.25) is 4.98 Å². The van der Waals surface area contributed by atoms with E-state index in [2.05, 4.69) is 52.6 Å². The predicted molar refractivity (Wildman–Crippen MR) is 91.3 cm³/mol. The summed E-state index contributed by atoms with van der Waals surface area (Å²) in [7, 11) is 0. The van der Waals surface area contributed by atoms with Crippen molar-refractivity contribution in [2.45, 2.75) is 13.1 Å². The number of rotatable bonds is 4. The summed E-state index contributed by atoms with van der Waals surface area (Å²) in [6, 6.07) is 14.8. The number of fused-ring (bicyclic) bond motifs is 1. The van der Waals surface area contributed by atoms with Crippen molar-refractivity contribution < 1.29 is 9.80 Å². The number of piperazine rings is 1. The fourth-order valence-electron chi connectivity index (χ4n) is 3.62. The lowest BCUT2D eigenvalue weighted by molar-refractivity contribution is -1.02. The number of H-pyrrole nitrogens is 1. The molecule has 0 amide bonds. The fraction of sp³-hybridized carbons (Fsp3) is 0.316. The highest BCUT2D eigenvalue weighted by molar-refractivity contribution is 5.82. The molecule has 1 aliphatic rings. The van der Waals surface area contributed by atoms with E-state index in [1.54, 1.807) is 9.80 Å². The number of hydrogen-bond donors (Lipinski definition) is 3. The standard InChI is InChI=1S/C19H22N4/c1-2-7-19-18(6-1)16(13-21-19)14-22-9-11-23(12-10-22)15-17-5-3-4-8-20-17/h1-8,13,21H,9-12,14-15H2/p+2. The van der Waals surface area contributed by atoms with Gasteiger partial charge >= 0.3 is 0 Å². The van der Waals surface area contributed by atoms with Gasteiger partial charge in [0.15, 0.2) is 0 Å². The van der Waals surface area contributed by atoms with Crippen molar-refractivity contribution in [3.8, 4) is 0 Å². The molecule has 118 valence electrons. The maximum Gasteiger partial charge on any atom is 0.127 e. The highest BCUT2D eigenvalue weighted by Crippen LogP contribution is 2.16. The summed E-state index contributed by atoms with van der Waals surface area (Å²) in [6.45, 7) is 7.12. The van der Waals surface area contributed by atoms with Crippen LogP contribution in [0.1, 0.15) is 11.3 Å². The lowest BCUT2D eigenvalue weighted by atomic mass is 10.1. The maximum atomic E-state index is 4.46. The van der Waals surface area contributed by atoms with Gasteiger partial charge in [-0.2, -0.15) is 0 Å². The summed E-state index contributed by atoms with van der Waals surface area (Å²) in [4.78, 5) is 11.2. The van der Waals surface area contributed by atoms with E-state index in [9.17, 15) is 0 Å². The average Bonchev–Trinajstić information content (AvgIpc) is 3.01. The van der Waals surface area contributed by atoms with Gasteiger partial charge in [-0.25, -0.2) is 0 Å². The minimum Gasteiger partial charge on any atom is -0.361 e. The molecule has 1 aliphatic heterocycles. The number of aromatic amines is 1. The third-order valence-corrected chi connectivity index (χ3v) is 4.94. The van der Waals surface area contributed by atoms with Crippen molar-refractivity contribution in [2.24, 2.45) is 0 Å². The Morgan fingerprint density at radius 1 is 0.870 bits per heavy atom. The van der Waals surface area contributed by atoms with Crippen LogP contribution in [0.15, 0.2) is 54.9 Å². The van der Waals surface area contributed by atoms with Crippen molar-refractivity contribution in [2.75, 3.05) is 26.2 Å². The van der Waals surface area contributed by atoms with Gasteiger partial charge < -0.3 is 14.8 Å². The quantitative estimate of drug-likeness (QED) is 0.626. The third kappa shape index (κ3) is 3.28. The van der Waals surface area contributed by atoms with Crippen LogP contribution in [-0.2, 0) is 13.1 Å². The number of quaternary nitrogens is 2. The molecule has 23 heavy (non-hydrogen) atoms. The van der Waals surface area contributed by atoms with Crippen LogP contribution >= 0.6 is 0 Å². The van der Waals surface area contributed by atoms with Crippen LogP contribution in [0.2, 0.25) is 0 Å². The molecule has 0 atom stereocenters. The molecule has 3 N–H and O–H groups in total. The zero-order valence-electron chi connectivity index (χ0n) is 13.4. The number of nitrogens with zero attached hydrogens (tertiary/aromatic N) is 1. The van der Waals surface area contributed by atoms with Crippen LogP contribution < -0.4 is 9.80 Å². The Labute approximate surface area is 136 Å². The summed E-state index contributed by atoms with van der Waals surface area (Å²) >= 11 is 0. The predicted octanol–water partition coefficient (Wildman–Crippen LogP) is 0.0465. The second kappa shape index (κ2) is 6.52. The van der Waals surface area contributed by atoms with Gasteiger partial charge in [0, 0.05) is 28.9 Å². The highest BCUT2D eigenvalue weighted by atomic mass is 15.3. The lowest BCUT2D eigenvalue weighted by Gasteiger charge is -2.29. The molecule has 2 aromatic heterocycles. The van der Waals surface area contributed by atoms with Crippen LogP contribution in [-0.4, -0.2) is 36.1 Å². The molecule has 1 fully saturated rings. The molecule has 0 aliphatic carbocycles. The molecule has 1 aromatic carbocycles. The van der Waals surface area contributed by atoms with Gasteiger partial charge in [-0.05, 0) is 18.2 Å². The SMILES string of the molecule is c1ccc(C[NH+]2CC[NH+](Cc3c[nH]c4ccccc34)CC2)nc1. The van der Waals surface area contributed by atoms with Crippen molar-refractivity contribution in [3.05, 3.63) is 66.1 Å². The van der Waals surface area contributed by atoms with E-state index < -0.39 is 0 Å². The Bertz CT molecular complexity index is 757. The number of pyridine rings is 1. The first-order valence-electron chi connectivity index (χ1n) is 8.50. The smallest absolute Gasteiger partial charge is 0.127 e. The molecule has 3 aromatic rings. The number of benzene rings is 1. The molecule has 4 rings (SSSR count). The molecule has 1 saturated heterocycles. The third-order valence-electron chi connectivity index (χ3n) is 4.94. The molecule has 3 heterocycles. The van der Waals surface area contributed by atoms with Gasteiger partial charge in [0.1, 0.15) is 39.3 Å². The van der Waals surface area contributed by atoms with E-state index in [1.165, 1.54) is 48.3 Å².